The predicted molar refractivity (Wildman–Crippen MR) is 143 cm³/mol. The van der Waals surface area contributed by atoms with Crippen molar-refractivity contribution in [1.82, 2.24) is 25.2 Å². The molecule has 8 nitrogen and oxygen atoms in total. The van der Waals surface area contributed by atoms with Crippen molar-refractivity contribution in [2.45, 2.75) is 45.1 Å². The molecule has 3 N–H and O–H groups in total. The van der Waals surface area contributed by atoms with Crippen LogP contribution in [0.1, 0.15) is 54.9 Å². The Kier molecular flexibility index (Phi) is 9.02. The first-order valence-electron chi connectivity index (χ1n) is 12.5. The van der Waals surface area contributed by atoms with Gasteiger partial charge in [0.05, 0.1) is 23.4 Å². The fraction of sp³-hybridized carbons (Fsp3) is 0.407. The molecule has 4 rings (SSSR count). The molecule has 196 valence electrons. The summed E-state index contributed by atoms with van der Waals surface area (Å²) >= 11 is 6.07. The van der Waals surface area contributed by atoms with Gasteiger partial charge in [0.2, 0.25) is 0 Å². The van der Waals surface area contributed by atoms with Gasteiger partial charge in [-0.3, -0.25) is 14.7 Å². The highest BCUT2D eigenvalue weighted by Crippen LogP contribution is 2.30. The van der Waals surface area contributed by atoms with Gasteiger partial charge in [-0.2, -0.15) is 0 Å². The van der Waals surface area contributed by atoms with Crippen molar-refractivity contribution in [3.63, 3.8) is 0 Å². The lowest BCUT2D eigenvalue weighted by Crippen LogP contribution is -2.35. The highest BCUT2D eigenvalue weighted by atomic mass is 35.5. The van der Waals surface area contributed by atoms with E-state index in [0.29, 0.717) is 28.6 Å². The van der Waals surface area contributed by atoms with E-state index >= 15 is 0 Å². The molecule has 1 amide bonds. The van der Waals surface area contributed by atoms with E-state index in [1.807, 2.05) is 13.8 Å². The van der Waals surface area contributed by atoms with Crippen molar-refractivity contribution in [3.8, 4) is 11.4 Å². The molecule has 1 atom stereocenters. The standard InChI is InChI=1S/C27H32ClFN6O2/c1-17(2)21-15-32-25(20-13-18(28)6-7-23(20)29)34-26(21)33-24-8-10-30-14-22(24)27(37)31-9-4-12-35-11-3-5-19(35)16-36/h6-8,10,13-15,17,19,36H,3-5,9,11-12,16H2,1-2H3,(H,31,37)(H,30,32,33,34). The number of aromatic nitrogens is 3. The molecule has 0 bridgehead atoms. The molecular formula is C27H32ClFN6O2. The number of hydrogen-bond donors (Lipinski definition) is 3. The molecule has 3 aromatic rings. The number of nitrogens with one attached hydrogen (secondary N) is 2. The van der Waals surface area contributed by atoms with Gasteiger partial charge in [0, 0.05) is 48.3 Å². The van der Waals surface area contributed by atoms with Crippen LogP contribution in [0.4, 0.5) is 15.9 Å². The lowest BCUT2D eigenvalue weighted by molar-refractivity contribution is 0.0950. The van der Waals surface area contributed by atoms with Crippen LogP contribution >= 0.6 is 11.6 Å². The average Bonchev–Trinajstić information content (AvgIpc) is 3.35. The third kappa shape index (κ3) is 6.60. The van der Waals surface area contributed by atoms with E-state index in [1.54, 1.807) is 18.5 Å². The average molecular weight is 527 g/mol. The highest BCUT2D eigenvalue weighted by Gasteiger charge is 2.23. The Balaban J connectivity index is 1.50. The minimum Gasteiger partial charge on any atom is -0.395 e. The van der Waals surface area contributed by atoms with Crippen LogP contribution in [-0.2, 0) is 0 Å². The molecule has 1 aromatic carbocycles. The Morgan fingerprint density at radius 1 is 1.30 bits per heavy atom. The molecule has 1 aliphatic rings. The van der Waals surface area contributed by atoms with Crippen LogP contribution in [0.3, 0.4) is 0 Å². The zero-order valence-electron chi connectivity index (χ0n) is 21.0. The van der Waals surface area contributed by atoms with Gasteiger partial charge < -0.3 is 15.7 Å². The molecule has 0 saturated carbocycles. The maximum atomic E-state index is 14.5. The zero-order valence-corrected chi connectivity index (χ0v) is 21.8. The molecule has 10 heteroatoms. The second-order valence-electron chi connectivity index (χ2n) is 9.45. The van der Waals surface area contributed by atoms with Gasteiger partial charge >= 0.3 is 0 Å². The van der Waals surface area contributed by atoms with Crippen LogP contribution in [0.5, 0.6) is 0 Å². The smallest absolute Gasteiger partial charge is 0.254 e. The van der Waals surface area contributed by atoms with E-state index < -0.39 is 5.82 Å². The third-order valence-corrected chi connectivity index (χ3v) is 6.78. The highest BCUT2D eigenvalue weighted by molar-refractivity contribution is 6.30. The van der Waals surface area contributed by atoms with Gasteiger partial charge in [0.1, 0.15) is 11.6 Å². The van der Waals surface area contributed by atoms with E-state index in [4.69, 9.17) is 11.6 Å². The zero-order chi connectivity index (χ0) is 26.4. The molecule has 1 aliphatic heterocycles. The van der Waals surface area contributed by atoms with Crippen molar-refractivity contribution < 1.29 is 14.3 Å². The molecule has 1 saturated heterocycles. The Labute approximate surface area is 221 Å². The Morgan fingerprint density at radius 2 is 2.14 bits per heavy atom. The second-order valence-corrected chi connectivity index (χ2v) is 9.88. The maximum absolute atomic E-state index is 14.5. The first kappa shape index (κ1) is 26.9. The van der Waals surface area contributed by atoms with Gasteiger partial charge in [0.15, 0.2) is 5.82 Å². The third-order valence-electron chi connectivity index (χ3n) is 6.54. The number of rotatable bonds is 10. The fourth-order valence-electron chi connectivity index (χ4n) is 4.50. The Morgan fingerprint density at radius 3 is 2.92 bits per heavy atom. The monoisotopic (exact) mass is 526 g/mol. The van der Waals surface area contributed by atoms with Crippen molar-refractivity contribution in [3.05, 3.63) is 64.8 Å². The number of amides is 1. The van der Waals surface area contributed by atoms with Crippen molar-refractivity contribution in [1.29, 1.82) is 0 Å². The summed E-state index contributed by atoms with van der Waals surface area (Å²) in [6.45, 7) is 6.49. The van der Waals surface area contributed by atoms with Crippen LogP contribution in [0.25, 0.3) is 11.4 Å². The summed E-state index contributed by atoms with van der Waals surface area (Å²) in [6.07, 6.45) is 7.65. The Hall–Kier alpha value is -3.14. The molecular weight excluding hydrogens is 495 g/mol. The quantitative estimate of drug-likeness (QED) is 0.327. The number of aliphatic hydroxyl groups is 1. The van der Waals surface area contributed by atoms with Crippen LogP contribution in [0.2, 0.25) is 5.02 Å². The van der Waals surface area contributed by atoms with E-state index in [-0.39, 0.29) is 35.9 Å². The summed E-state index contributed by atoms with van der Waals surface area (Å²) in [6, 6.07) is 6.17. The molecule has 0 radical (unpaired) electrons. The summed E-state index contributed by atoms with van der Waals surface area (Å²) in [5.74, 6) is 0.0137. The number of aliphatic hydroxyl groups excluding tert-OH is 1. The van der Waals surface area contributed by atoms with E-state index in [2.05, 4.69) is 30.5 Å². The van der Waals surface area contributed by atoms with Crippen molar-refractivity contribution in [2.24, 2.45) is 0 Å². The number of carbonyl (C=O) groups excluding carboxylic acids is 1. The maximum Gasteiger partial charge on any atom is 0.254 e. The minimum absolute atomic E-state index is 0.0770. The van der Waals surface area contributed by atoms with Crippen LogP contribution in [0, 0.1) is 5.82 Å². The minimum atomic E-state index is -0.476. The van der Waals surface area contributed by atoms with E-state index in [0.717, 1.165) is 37.9 Å². The van der Waals surface area contributed by atoms with Gasteiger partial charge in [-0.25, -0.2) is 14.4 Å². The SMILES string of the molecule is CC(C)c1cnc(-c2cc(Cl)ccc2F)nc1Nc1ccncc1C(=O)NCCCN1CCCC1CO. The Bertz CT molecular complexity index is 1240. The molecule has 1 fully saturated rings. The summed E-state index contributed by atoms with van der Waals surface area (Å²) in [7, 11) is 0. The van der Waals surface area contributed by atoms with E-state index in [1.165, 1.54) is 24.4 Å². The number of carbonyl (C=O) groups is 1. The van der Waals surface area contributed by atoms with E-state index in [9.17, 15) is 14.3 Å². The molecule has 0 aliphatic carbocycles. The van der Waals surface area contributed by atoms with Crippen LogP contribution in [-0.4, -0.2) is 63.1 Å². The number of nitrogens with zero attached hydrogens (tertiary/aromatic N) is 4. The second kappa shape index (κ2) is 12.4. The van der Waals surface area contributed by atoms with Crippen molar-refractivity contribution >= 4 is 29.0 Å². The molecule has 3 heterocycles. The van der Waals surface area contributed by atoms with Gasteiger partial charge in [-0.1, -0.05) is 25.4 Å². The predicted octanol–water partition coefficient (Wildman–Crippen LogP) is 4.77. The normalized spacial score (nSPS) is 15.8. The number of hydrogen-bond acceptors (Lipinski definition) is 7. The van der Waals surface area contributed by atoms with Crippen molar-refractivity contribution in [2.75, 3.05) is 31.6 Å². The van der Waals surface area contributed by atoms with Gasteiger partial charge in [0.25, 0.3) is 5.91 Å². The van der Waals surface area contributed by atoms with Gasteiger partial charge in [-0.15, -0.1) is 0 Å². The number of pyridine rings is 1. The van der Waals surface area contributed by atoms with Crippen LogP contribution < -0.4 is 10.6 Å². The summed E-state index contributed by atoms with van der Waals surface area (Å²) < 4.78 is 14.5. The largest absolute Gasteiger partial charge is 0.395 e. The number of anilines is 2. The molecule has 1 unspecified atom stereocenters. The lowest BCUT2D eigenvalue weighted by atomic mass is 10.1. The van der Waals surface area contributed by atoms with Gasteiger partial charge in [-0.05, 0) is 56.0 Å². The summed E-state index contributed by atoms with van der Waals surface area (Å²) in [4.78, 5) is 28.4. The first-order chi connectivity index (χ1) is 17.9. The molecule has 2 aromatic heterocycles. The first-order valence-corrected chi connectivity index (χ1v) is 12.9. The lowest BCUT2D eigenvalue weighted by Gasteiger charge is -2.22. The molecule has 0 spiro atoms. The number of benzene rings is 1. The fourth-order valence-corrected chi connectivity index (χ4v) is 4.67. The summed E-state index contributed by atoms with van der Waals surface area (Å²) in [5, 5.41) is 16.1. The summed E-state index contributed by atoms with van der Waals surface area (Å²) in [5.41, 5.74) is 1.92. The topological polar surface area (TPSA) is 103 Å². The van der Waals surface area contributed by atoms with Crippen LogP contribution in [0.15, 0.2) is 42.9 Å². The number of likely N-dealkylation sites (tertiary alicyclic amines) is 1. The number of halogens is 2. The molecule has 37 heavy (non-hydrogen) atoms.